The van der Waals surface area contributed by atoms with Crippen molar-refractivity contribution in [1.82, 2.24) is 19.7 Å². The van der Waals surface area contributed by atoms with Crippen LogP contribution in [0.2, 0.25) is 0 Å². The third-order valence-electron chi connectivity index (χ3n) is 5.92. The second-order valence-electron chi connectivity index (χ2n) is 9.94. The lowest BCUT2D eigenvalue weighted by Gasteiger charge is -2.34. The number of piperidine rings is 1. The van der Waals surface area contributed by atoms with E-state index in [0.29, 0.717) is 42.7 Å². The summed E-state index contributed by atoms with van der Waals surface area (Å²) in [7, 11) is 1.52. The third-order valence-corrected chi connectivity index (χ3v) is 6.27. The number of nitrogens with zero attached hydrogens (tertiary/aromatic N) is 4. The van der Waals surface area contributed by atoms with E-state index in [2.05, 4.69) is 14.9 Å². The van der Waals surface area contributed by atoms with Crippen LogP contribution in [0.4, 0.5) is 10.7 Å². The second kappa shape index (κ2) is 11.8. The number of anilines is 1. The number of benzene rings is 2. The van der Waals surface area contributed by atoms with Gasteiger partial charge in [-0.15, -0.1) is 10.2 Å². The third kappa shape index (κ3) is 6.62. The van der Waals surface area contributed by atoms with Crippen LogP contribution < -0.4 is 14.2 Å². The molecule has 0 saturated carbocycles. The molecular formula is C26H32N5O6S-. The zero-order chi connectivity index (χ0) is 27.3. The lowest BCUT2D eigenvalue weighted by atomic mass is 9.99. The van der Waals surface area contributed by atoms with Gasteiger partial charge in [0.25, 0.3) is 0 Å². The number of carbonyl (C=O) groups is 1. The van der Waals surface area contributed by atoms with E-state index in [1.165, 1.54) is 7.11 Å². The molecule has 1 aliphatic rings. The molecule has 1 amide bonds. The van der Waals surface area contributed by atoms with Crippen molar-refractivity contribution in [2.75, 3.05) is 31.5 Å². The van der Waals surface area contributed by atoms with Gasteiger partial charge in [0.2, 0.25) is 5.95 Å². The molecular weight excluding hydrogens is 510 g/mol. The van der Waals surface area contributed by atoms with Crippen LogP contribution in [0.1, 0.15) is 33.6 Å². The van der Waals surface area contributed by atoms with E-state index in [1.807, 2.05) is 51.1 Å². The van der Waals surface area contributed by atoms with E-state index in [-0.39, 0.29) is 18.0 Å². The first-order valence-corrected chi connectivity index (χ1v) is 13.4. The molecule has 1 saturated heterocycles. The van der Waals surface area contributed by atoms with E-state index in [1.54, 1.807) is 27.7 Å². The van der Waals surface area contributed by atoms with Crippen molar-refractivity contribution < 1.29 is 27.8 Å². The molecule has 4 rings (SSSR count). The summed E-state index contributed by atoms with van der Waals surface area (Å²) in [6, 6.07) is 14.6. The lowest BCUT2D eigenvalue weighted by Crippen LogP contribution is -2.44. The molecule has 2 aromatic carbocycles. The fraction of sp³-hybridized carbons (Fsp3) is 0.423. The van der Waals surface area contributed by atoms with Crippen molar-refractivity contribution >= 4 is 23.3 Å². The molecule has 2 atom stereocenters. The number of nitrogens with one attached hydrogen (secondary N) is 1. The summed E-state index contributed by atoms with van der Waals surface area (Å²) >= 11 is -2.64. The Labute approximate surface area is 224 Å². The summed E-state index contributed by atoms with van der Waals surface area (Å²) in [5, 5.41) is 8.32. The predicted molar refractivity (Wildman–Crippen MR) is 142 cm³/mol. The van der Waals surface area contributed by atoms with Crippen LogP contribution in [0.25, 0.3) is 17.1 Å². The molecule has 0 bridgehead atoms. The van der Waals surface area contributed by atoms with Gasteiger partial charge in [-0.25, -0.2) is 4.79 Å². The first-order chi connectivity index (χ1) is 18.2. The Morgan fingerprint density at radius 2 is 1.87 bits per heavy atom. The van der Waals surface area contributed by atoms with Crippen molar-refractivity contribution in [2.24, 2.45) is 5.92 Å². The number of ether oxygens (including phenoxy) is 3. The highest BCUT2D eigenvalue weighted by Gasteiger charge is 2.29. The van der Waals surface area contributed by atoms with E-state index in [9.17, 15) is 13.6 Å². The minimum atomic E-state index is -2.64. The quantitative estimate of drug-likeness (QED) is 0.420. The molecule has 3 aromatic rings. The Morgan fingerprint density at radius 1 is 1.13 bits per heavy atom. The fourth-order valence-electron chi connectivity index (χ4n) is 4.32. The van der Waals surface area contributed by atoms with Gasteiger partial charge in [-0.3, -0.25) is 13.5 Å². The van der Waals surface area contributed by atoms with Gasteiger partial charge in [0.15, 0.2) is 5.82 Å². The summed E-state index contributed by atoms with van der Waals surface area (Å²) in [6.07, 6.45) is 1.40. The average Bonchev–Trinajstić information content (AvgIpc) is 3.29. The first-order valence-electron chi connectivity index (χ1n) is 12.3. The van der Waals surface area contributed by atoms with E-state index >= 15 is 0 Å². The van der Waals surface area contributed by atoms with Crippen LogP contribution in [0, 0.1) is 5.92 Å². The molecule has 0 radical (unpaired) electrons. The van der Waals surface area contributed by atoms with Crippen LogP contribution >= 0.6 is 0 Å². The van der Waals surface area contributed by atoms with Gasteiger partial charge in [0, 0.05) is 35.8 Å². The van der Waals surface area contributed by atoms with Crippen LogP contribution in [-0.2, 0) is 16.0 Å². The summed E-state index contributed by atoms with van der Waals surface area (Å²) in [5.74, 6) is 1.37. The highest BCUT2D eigenvalue weighted by Crippen LogP contribution is 2.38. The molecule has 0 spiro atoms. The SMILES string of the molecule is COc1cccc(OCC2CCCN(C(=O)OC(C)(C)C)C2)c1-n1c(NS(=O)[O-])nnc1-c1ccccc1. The zero-order valence-corrected chi connectivity index (χ0v) is 22.7. The second-order valence-corrected chi connectivity index (χ2v) is 10.6. The standard InChI is InChI=1S/C26H33N5O6S/c1-26(2,3)37-25(32)30-15-9-10-18(16-30)17-36-21-14-8-13-20(35-4)22(21)31-23(19-11-6-5-7-12-19)27-28-24(31)29-38(33)34/h5-8,11-14,18H,9-10,15-17H2,1-4H3,(H,28,29)(H,33,34)/p-1. The highest BCUT2D eigenvalue weighted by molar-refractivity contribution is 7.80. The molecule has 204 valence electrons. The molecule has 12 heteroatoms. The molecule has 1 aromatic heterocycles. The summed E-state index contributed by atoms with van der Waals surface area (Å²) in [4.78, 5) is 14.3. The van der Waals surface area contributed by atoms with Crippen molar-refractivity contribution in [2.45, 2.75) is 39.2 Å². The first kappa shape index (κ1) is 27.4. The number of amides is 1. The number of likely N-dealkylation sites (tertiary alicyclic amines) is 1. The van der Waals surface area contributed by atoms with Crippen LogP contribution in [0.3, 0.4) is 0 Å². The number of methoxy groups -OCH3 is 1. The predicted octanol–water partition coefficient (Wildman–Crippen LogP) is 4.17. The maximum absolute atomic E-state index is 12.6. The Morgan fingerprint density at radius 3 is 2.55 bits per heavy atom. The number of hydrogen-bond donors (Lipinski definition) is 1. The topological polar surface area (TPSA) is 131 Å². The molecule has 11 nitrogen and oxygen atoms in total. The summed E-state index contributed by atoms with van der Waals surface area (Å²) in [6.45, 7) is 7.02. The Hall–Kier alpha value is -3.64. The average molecular weight is 543 g/mol. The zero-order valence-electron chi connectivity index (χ0n) is 21.9. The molecule has 0 aliphatic carbocycles. The maximum atomic E-state index is 12.6. The Bertz CT molecular complexity index is 1280. The molecule has 1 N–H and O–H groups in total. The Balaban J connectivity index is 1.64. The Kier molecular flexibility index (Phi) is 8.52. The van der Waals surface area contributed by atoms with E-state index in [4.69, 9.17) is 14.2 Å². The largest absolute Gasteiger partial charge is 0.755 e. The van der Waals surface area contributed by atoms with Gasteiger partial charge in [-0.2, -0.15) is 0 Å². The van der Waals surface area contributed by atoms with Gasteiger partial charge >= 0.3 is 6.09 Å². The van der Waals surface area contributed by atoms with Crippen LogP contribution in [0.15, 0.2) is 48.5 Å². The van der Waals surface area contributed by atoms with Gasteiger partial charge in [-0.05, 0) is 45.7 Å². The molecule has 1 fully saturated rings. The molecule has 38 heavy (non-hydrogen) atoms. The van der Waals surface area contributed by atoms with Crippen LogP contribution in [-0.4, -0.2) is 66.9 Å². The number of rotatable bonds is 8. The maximum Gasteiger partial charge on any atom is 0.410 e. The van der Waals surface area contributed by atoms with Gasteiger partial charge < -0.3 is 23.7 Å². The number of carbonyl (C=O) groups excluding carboxylic acids is 1. The molecule has 1 aliphatic heterocycles. The fourth-order valence-corrected chi connectivity index (χ4v) is 4.60. The smallest absolute Gasteiger partial charge is 0.410 e. The monoisotopic (exact) mass is 542 g/mol. The molecule has 2 unspecified atom stereocenters. The van der Waals surface area contributed by atoms with Crippen molar-refractivity contribution in [3.8, 4) is 28.6 Å². The van der Waals surface area contributed by atoms with Crippen molar-refractivity contribution in [3.63, 3.8) is 0 Å². The number of aromatic nitrogens is 3. The van der Waals surface area contributed by atoms with Gasteiger partial charge in [0.1, 0.15) is 22.8 Å². The minimum Gasteiger partial charge on any atom is -0.755 e. The molecule has 2 heterocycles. The lowest BCUT2D eigenvalue weighted by molar-refractivity contribution is 0.0139. The summed E-state index contributed by atoms with van der Waals surface area (Å²) < 4.78 is 44.5. The van der Waals surface area contributed by atoms with Gasteiger partial charge in [-0.1, -0.05) is 36.4 Å². The minimum absolute atomic E-state index is 0.0136. The number of hydrogen-bond acceptors (Lipinski definition) is 8. The van der Waals surface area contributed by atoms with Crippen molar-refractivity contribution in [1.29, 1.82) is 0 Å². The van der Waals surface area contributed by atoms with E-state index < -0.39 is 16.9 Å². The van der Waals surface area contributed by atoms with Crippen molar-refractivity contribution in [3.05, 3.63) is 48.5 Å². The van der Waals surface area contributed by atoms with E-state index in [0.717, 1.165) is 18.4 Å². The van der Waals surface area contributed by atoms with Gasteiger partial charge in [0.05, 0.1) is 13.7 Å². The normalized spacial score (nSPS) is 16.6. The number of para-hydroxylation sites is 1. The highest BCUT2D eigenvalue weighted by atomic mass is 32.2. The van der Waals surface area contributed by atoms with Crippen LogP contribution in [0.5, 0.6) is 11.5 Å². The summed E-state index contributed by atoms with van der Waals surface area (Å²) in [5.41, 5.74) is 0.610.